The molecule has 0 amide bonds. The van der Waals surface area contributed by atoms with Gasteiger partial charge >= 0.3 is 0 Å². The van der Waals surface area contributed by atoms with E-state index < -0.39 is 5.08 Å². The lowest BCUT2D eigenvalue weighted by Gasteiger charge is -2.23. The summed E-state index contributed by atoms with van der Waals surface area (Å²) in [6.45, 7) is 5.81. The van der Waals surface area contributed by atoms with E-state index in [0.29, 0.717) is 11.3 Å². The third-order valence-electron chi connectivity index (χ3n) is 1.57. The average molecular weight is 261 g/mol. The summed E-state index contributed by atoms with van der Waals surface area (Å²) in [6, 6.07) is 7.10. The van der Waals surface area contributed by atoms with Crippen LogP contribution in [0.5, 0.6) is 5.75 Å². The van der Waals surface area contributed by atoms with Crippen LogP contribution in [-0.4, -0.2) is 5.60 Å². The van der Waals surface area contributed by atoms with Gasteiger partial charge in [0.1, 0.15) is 11.4 Å². The Hall–Kier alpha value is -0.570. The fourth-order valence-corrected chi connectivity index (χ4v) is 1.46. The Bertz CT molecular complexity index is 304. The molecule has 14 heavy (non-hydrogen) atoms. The number of hydrogen-bond acceptors (Lipinski definition) is 1. The van der Waals surface area contributed by atoms with E-state index in [9.17, 15) is 4.39 Å². The number of hydrogen-bond donors (Lipinski definition) is 0. The van der Waals surface area contributed by atoms with E-state index in [-0.39, 0.29) is 5.60 Å². The van der Waals surface area contributed by atoms with Gasteiger partial charge in [-0.05, 0) is 42.8 Å². The number of halogens is 2. The molecule has 0 aliphatic heterocycles. The lowest BCUT2D eigenvalue weighted by Crippen LogP contribution is -2.23. The molecule has 0 fully saturated rings. The van der Waals surface area contributed by atoms with Crippen LogP contribution in [0.25, 0.3) is 0 Å². The number of alkyl halides is 2. The largest absolute Gasteiger partial charge is 0.488 e. The molecule has 1 aromatic carbocycles. The minimum Gasteiger partial charge on any atom is -0.488 e. The summed E-state index contributed by atoms with van der Waals surface area (Å²) in [6.07, 6.45) is 0. The number of benzene rings is 1. The normalized spacial score (nSPS) is 13.8. The molecule has 78 valence electrons. The quantitative estimate of drug-likeness (QED) is 0.724. The molecule has 0 saturated carbocycles. The fraction of sp³-hybridized carbons (Fsp3) is 0.455. The Labute approximate surface area is 92.4 Å². The lowest BCUT2D eigenvalue weighted by atomic mass is 10.1. The maximum atomic E-state index is 13.1. The molecule has 1 unspecified atom stereocenters. The van der Waals surface area contributed by atoms with E-state index in [1.54, 1.807) is 18.2 Å². The highest BCUT2D eigenvalue weighted by Crippen LogP contribution is 2.33. The molecule has 0 aliphatic carbocycles. The third-order valence-corrected chi connectivity index (χ3v) is 2.06. The van der Waals surface area contributed by atoms with Crippen molar-refractivity contribution in [1.82, 2.24) is 0 Å². The van der Waals surface area contributed by atoms with Crippen LogP contribution in [0, 0.1) is 0 Å². The summed E-state index contributed by atoms with van der Waals surface area (Å²) in [7, 11) is 0. The van der Waals surface area contributed by atoms with Crippen LogP contribution in [0.4, 0.5) is 4.39 Å². The van der Waals surface area contributed by atoms with Crippen LogP contribution in [0.15, 0.2) is 24.3 Å². The van der Waals surface area contributed by atoms with Crippen molar-refractivity contribution in [1.29, 1.82) is 0 Å². The second-order valence-electron chi connectivity index (χ2n) is 4.05. The average Bonchev–Trinajstić information content (AvgIpc) is 2.01. The smallest absolute Gasteiger partial charge is 0.183 e. The standard InChI is InChI=1S/C11H14BrFO/c1-11(2,3)14-9-7-5-4-6-8(9)10(12)13/h4-7,10H,1-3H3. The van der Waals surface area contributed by atoms with E-state index in [4.69, 9.17) is 4.74 Å². The molecular formula is C11H14BrFO. The molecule has 0 bridgehead atoms. The predicted molar refractivity (Wildman–Crippen MR) is 59.6 cm³/mol. The Morgan fingerprint density at radius 1 is 1.29 bits per heavy atom. The zero-order chi connectivity index (χ0) is 10.8. The first-order chi connectivity index (χ1) is 6.40. The van der Waals surface area contributed by atoms with Crippen LogP contribution in [0.1, 0.15) is 31.4 Å². The van der Waals surface area contributed by atoms with Gasteiger partial charge in [-0.3, -0.25) is 0 Å². The Balaban J connectivity index is 2.96. The summed E-state index contributed by atoms with van der Waals surface area (Å²) >= 11 is 2.89. The minimum atomic E-state index is -1.18. The van der Waals surface area contributed by atoms with Gasteiger partial charge in [0.05, 0.1) is 0 Å². The zero-order valence-corrected chi connectivity index (χ0v) is 10.1. The second kappa shape index (κ2) is 4.30. The van der Waals surface area contributed by atoms with Gasteiger partial charge in [0.2, 0.25) is 0 Å². The summed E-state index contributed by atoms with van der Waals surface area (Å²) < 4.78 is 18.7. The van der Waals surface area contributed by atoms with Crippen LogP contribution >= 0.6 is 15.9 Å². The molecule has 0 radical (unpaired) electrons. The van der Waals surface area contributed by atoms with Gasteiger partial charge in [0.25, 0.3) is 0 Å². The molecule has 0 saturated heterocycles. The van der Waals surface area contributed by atoms with Gasteiger partial charge in [0, 0.05) is 5.56 Å². The second-order valence-corrected chi connectivity index (χ2v) is 4.86. The first-order valence-corrected chi connectivity index (χ1v) is 5.38. The topological polar surface area (TPSA) is 9.23 Å². The number of ether oxygens (including phenoxy) is 1. The van der Waals surface area contributed by atoms with Gasteiger partial charge in [-0.1, -0.05) is 18.2 Å². The Morgan fingerprint density at radius 2 is 1.86 bits per heavy atom. The van der Waals surface area contributed by atoms with Crippen molar-refractivity contribution >= 4 is 15.9 Å². The van der Waals surface area contributed by atoms with E-state index >= 15 is 0 Å². The first-order valence-electron chi connectivity index (χ1n) is 4.46. The predicted octanol–water partition coefficient (Wildman–Crippen LogP) is 4.23. The highest BCUT2D eigenvalue weighted by molar-refractivity contribution is 9.09. The summed E-state index contributed by atoms with van der Waals surface area (Å²) in [5.74, 6) is 0.587. The summed E-state index contributed by atoms with van der Waals surface area (Å²) in [5.41, 5.74) is 0.222. The molecule has 1 rings (SSSR count). The van der Waals surface area contributed by atoms with Crippen molar-refractivity contribution < 1.29 is 9.13 Å². The maximum absolute atomic E-state index is 13.1. The molecule has 0 heterocycles. The van der Waals surface area contributed by atoms with Gasteiger partial charge < -0.3 is 4.74 Å². The summed E-state index contributed by atoms with van der Waals surface area (Å²) in [5, 5.41) is -1.18. The van der Waals surface area contributed by atoms with Crippen molar-refractivity contribution in [3.63, 3.8) is 0 Å². The molecule has 0 N–H and O–H groups in total. The molecule has 1 atom stereocenters. The van der Waals surface area contributed by atoms with Crippen molar-refractivity contribution in [2.45, 2.75) is 31.5 Å². The van der Waals surface area contributed by atoms with Crippen molar-refractivity contribution in [3.05, 3.63) is 29.8 Å². The van der Waals surface area contributed by atoms with Gasteiger partial charge in [0.15, 0.2) is 5.08 Å². The molecule has 3 heteroatoms. The Kier molecular flexibility index (Phi) is 3.53. The van der Waals surface area contributed by atoms with E-state index in [1.165, 1.54) is 0 Å². The van der Waals surface area contributed by atoms with Crippen LogP contribution < -0.4 is 4.74 Å². The minimum absolute atomic E-state index is 0.308. The van der Waals surface area contributed by atoms with Crippen molar-refractivity contribution in [3.8, 4) is 5.75 Å². The summed E-state index contributed by atoms with van der Waals surface area (Å²) in [4.78, 5) is 0. The van der Waals surface area contributed by atoms with Gasteiger partial charge in [-0.15, -0.1) is 0 Å². The zero-order valence-electron chi connectivity index (χ0n) is 8.55. The van der Waals surface area contributed by atoms with E-state index in [2.05, 4.69) is 15.9 Å². The van der Waals surface area contributed by atoms with Crippen molar-refractivity contribution in [2.24, 2.45) is 0 Å². The van der Waals surface area contributed by atoms with Crippen molar-refractivity contribution in [2.75, 3.05) is 0 Å². The van der Waals surface area contributed by atoms with Crippen LogP contribution in [-0.2, 0) is 0 Å². The van der Waals surface area contributed by atoms with Gasteiger partial charge in [-0.25, -0.2) is 4.39 Å². The molecule has 1 nitrogen and oxygen atoms in total. The van der Waals surface area contributed by atoms with E-state index in [1.807, 2.05) is 26.8 Å². The third kappa shape index (κ3) is 3.29. The molecule has 0 spiro atoms. The molecular weight excluding hydrogens is 247 g/mol. The molecule has 0 aliphatic rings. The van der Waals surface area contributed by atoms with Crippen LogP contribution in [0.3, 0.4) is 0 Å². The fourth-order valence-electron chi connectivity index (χ4n) is 1.08. The van der Waals surface area contributed by atoms with Crippen LogP contribution in [0.2, 0.25) is 0 Å². The Morgan fingerprint density at radius 3 is 2.36 bits per heavy atom. The highest BCUT2D eigenvalue weighted by atomic mass is 79.9. The monoisotopic (exact) mass is 260 g/mol. The first kappa shape index (κ1) is 11.5. The molecule has 0 aromatic heterocycles. The van der Waals surface area contributed by atoms with E-state index in [0.717, 1.165) is 0 Å². The number of rotatable bonds is 2. The van der Waals surface area contributed by atoms with Gasteiger partial charge in [-0.2, -0.15) is 0 Å². The lowest BCUT2D eigenvalue weighted by molar-refractivity contribution is 0.128. The maximum Gasteiger partial charge on any atom is 0.183 e. The highest BCUT2D eigenvalue weighted by Gasteiger charge is 2.17. The number of para-hydroxylation sites is 1. The molecule has 1 aromatic rings. The SMILES string of the molecule is CC(C)(C)Oc1ccccc1C(F)Br.